The van der Waals surface area contributed by atoms with Gasteiger partial charge < -0.3 is 4.74 Å². The maximum atomic E-state index is 5.61. The lowest BCUT2D eigenvalue weighted by Gasteiger charge is -2.13. The van der Waals surface area contributed by atoms with Crippen molar-refractivity contribution in [2.45, 2.75) is 51.7 Å². The number of ether oxygens (including phenoxy) is 1. The summed E-state index contributed by atoms with van der Waals surface area (Å²) >= 11 is 3.65. The Kier molecular flexibility index (Phi) is 3.70. The Hall–Kier alpha value is -0.340. The van der Waals surface area contributed by atoms with Crippen molar-refractivity contribution in [1.29, 1.82) is 0 Å². The second-order valence-electron chi connectivity index (χ2n) is 4.78. The van der Waals surface area contributed by atoms with E-state index in [1.165, 1.54) is 15.6 Å². The van der Waals surface area contributed by atoms with Gasteiger partial charge >= 0.3 is 0 Å². The van der Waals surface area contributed by atoms with Gasteiger partial charge in [-0.25, -0.2) is 0 Å². The van der Waals surface area contributed by atoms with Crippen LogP contribution in [0.15, 0.2) is 22.7 Å². The quantitative estimate of drug-likeness (QED) is 0.745. The van der Waals surface area contributed by atoms with Crippen molar-refractivity contribution in [1.82, 2.24) is 0 Å². The van der Waals surface area contributed by atoms with Gasteiger partial charge in [0.1, 0.15) is 0 Å². The first-order chi connectivity index (χ1) is 7.61. The number of hydrogen-bond donors (Lipinski definition) is 0. The number of halogens is 1. The first kappa shape index (κ1) is 12.1. The van der Waals surface area contributed by atoms with Crippen LogP contribution in [0.3, 0.4) is 0 Å². The molecule has 0 bridgehead atoms. The van der Waals surface area contributed by atoms with E-state index in [2.05, 4.69) is 54.9 Å². The average molecular weight is 283 g/mol. The van der Waals surface area contributed by atoms with Crippen LogP contribution in [0.1, 0.15) is 43.7 Å². The van der Waals surface area contributed by atoms with Crippen LogP contribution in [0.4, 0.5) is 0 Å². The Bertz CT molecular complexity index is 375. The van der Waals surface area contributed by atoms with Gasteiger partial charge in [-0.05, 0) is 42.9 Å². The fourth-order valence-corrected chi connectivity index (χ4v) is 3.14. The molecule has 16 heavy (non-hydrogen) atoms. The summed E-state index contributed by atoms with van der Waals surface area (Å²) in [6.45, 7) is 6.59. The van der Waals surface area contributed by atoms with Crippen LogP contribution in [0.25, 0.3) is 0 Å². The minimum atomic E-state index is 0.494. The summed E-state index contributed by atoms with van der Waals surface area (Å²) in [5.74, 6) is 0.566. The zero-order valence-corrected chi connectivity index (χ0v) is 11.8. The molecule has 0 spiro atoms. The summed E-state index contributed by atoms with van der Waals surface area (Å²) in [4.78, 5) is 0. The highest BCUT2D eigenvalue weighted by atomic mass is 79.9. The molecule has 2 heteroatoms. The van der Waals surface area contributed by atoms with E-state index in [-0.39, 0.29) is 0 Å². The van der Waals surface area contributed by atoms with E-state index in [9.17, 15) is 0 Å². The third-order valence-corrected chi connectivity index (χ3v) is 4.05. The highest BCUT2D eigenvalue weighted by Gasteiger charge is 2.37. The molecule has 1 heterocycles. The third kappa shape index (κ3) is 2.67. The monoisotopic (exact) mass is 282 g/mol. The van der Waals surface area contributed by atoms with Crippen molar-refractivity contribution in [3.63, 3.8) is 0 Å². The Labute approximate surface area is 106 Å². The van der Waals surface area contributed by atoms with Crippen molar-refractivity contribution in [3.8, 4) is 0 Å². The zero-order valence-electron chi connectivity index (χ0n) is 10.2. The molecule has 0 aliphatic carbocycles. The van der Waals surface area contributed by atoms with E-state index in [1.54, 1.807) is 0 Å². The van der Waals surface area contributed by atoms with E-state index in [4.69, 9.17) is 4.74 Å². The summed E-state index contributed by atoms with van der Waals surface area (Å²) in [7, 11) is 0. The number of benzene rings is 1. The van der Waals surface area contributed by atoms with Crippen LogP contribution in [0.5, 0.6) is 0 Å². The maximum Gasteiger partial charge on any atom is 0.0847 e. The zero-order chi connectivity index (χ0) is 11.7. The standard InChI is InChI=1S/C14H19BrO/c1-4-13-14(16-13)8-10(3)11-6-5-9(2)7-12(11)15/h5-7,10,13-14H,4,8H2,1-3H3. The summed E-state index contributed by atoms with van der Waals surface area (Å²) < 4.78 is 6.84. The van der Waals surface area contributed by atoms with E-state index in [0.717, 1.165) is 12.8 Å². The smallest absolute Gasteiger partial charge is 0.0847 e. The molecule has 1 aromatic rings. The van der Waals surface area contributed by atoms with Crippen molar-refractivity contribution in [2.75, 3.05) is 0 Å². The Balaban J connectivity index is 2.01. The van der Waals surface area contributed by atoms with E-state index in [0.29, 0.717) is 18.1 Å². The minimum absolute atomic E-state index is 0.494. The summed E-state index contributed by atoms with van der Waals surface area (Å²) in [6, 6.07) is 6.60. The molecule has 0 amide bonds. The summed E-state index contributed by atoms with van der Waals surface area (Å²) in [6.07, 6.45) is 3.30. The second kappa shape index (κ2) is 4.89. The Morgan fingerprint density at radius 3 is 2.69 bits per heavy atom. The highest BCUT2D eigenvalue weighted by Crippen LogP contribution is 2.36. The largest absolute Gasteiger partial charge is 0.370 e. The molecule has 1 saturated heterocycles. The number of hydrogen-bond acceptors (Lipinski definition) is 1. The van der Waals surface area contributed by atoms with Crippen LogP contribution >= 0.6 is 15.9 Å². The molecule has 88 valence electrons. The molecule has 3 unspecified atom stereocenters. The van der Waals surface area contributed by atoms with E-state index >= 15 is 0 Å². The molecule has 0 saturated carbocycles. The lowest BCUT2D eigenvalue weighted by molar-refractivity contribution is 0.353. The molecule has 0 radical (unpaired) electrons. The molecular formula is C14H19BrO. The normalized spacial score (nSPS) is 25.5. The van der Waals surface area contributed by atoms with Gasteiger partial charge in [0.05, 0.1) is 12.2 Å². The van der Waals surface area contributed by atoms with Gasteiger partial charge in [0, 0.05) is 4.47 Å². The summed E-state index contributed by atoms with van der Waals surface area (Å²) in [5.41, 5.74) is 2.70. The molecular weight excluding hydrogens is 264 g/mol. The summed E-state index contributed by atoms with van der Waals surface area (Å²) in [5, 5.41) is 0. The predicted molar refractivity (Wildman–Crippen MR) is 70.9 cm³/mol. The Morgan fingerprint density at radius 1 is 1.38 bits per heavy atom. The lowest BCUT2D eigenvalue weighted by Crippen LogP contribution is -2.02. The van der Waals surface area contributed by atoms with E-state index < -0.39 is 0 Å². The van der Waals surface area contributed by atoms with Gasteiger partial charge in [0.25, 0.3) is 0 Å². The molecule has 1 aliphatic heterocycles. The topological polar surface area (TPSA) is 12.5 Å². The van der Waals surface area contributed by atoms with Crippen LogP contribution in [0.2, 0.25) is 0 Å². The van der Waals surface area contributed by atoms with Crippen molar-refractivity contribution in [2.24, 2.45) is 0 Å². The molecule has 0 N–H and O–H groups in total. The molecule has 1 nitrogen and oxygen atoms in total. The van der Waals surface area contributed by atoms with Gasteiger partial charge in [-0.15, -0.1) is 0 Å². The highest BCUT2D eigenvalue weighted by molar-refractivity contribution is 9.10. The van der Waals surface area contributed by atoms with E-state index in [1.807, 2.05) is 0 Å². The molecule has 1 aromatic carbocycles. The average Bonchev–Trinajstić information content (AvgIpc) is 2.96. The van der Waals surface area contributed by atoms with Crippen LogP contribution < -0.4 is 0 Å². The van der Waals surface area contributed by atoms with Gasteiger partial charge in [-0.2, -0.15) is 0 Å². The van der Waals surface area contributed by atoms with Crippen molar-refractivity contribution < 1.29 is 4.74 Å². The van der Waals surface area contributed by atoms with Crippen LogP contribution in [0, 0.1) is 6.92 Å². The van der Waals surface area contributed by atoms with Crippen LogP contribution in [-0.4, -0.2) is 12.2 Å². The van der Waals surface area contributed by atoms with Gasteiger partial charge in [-0.3, -0.25) is 0 Å². The second-order valence-corrected chi connectivity index (χ2v) is 5.64. The molecule has 3 atom stereocenters. The molecule has 1 aliphatic rings. The number of epoxide rings is 1. The fourth-order valence-electron chi connectivity index (χ4n) is 2.25. The van der Waals surface area contributed by atoms with Gasteiger partial charge in [0.2, 0.25) is 0 Å². The number of aryl methyl sites for hydroxylation is 1. The number of rotatable bonds is 4. The fraction of sp³-hybridized carbons (Fsp3) is 0.571. The van der Waals surface area contributed by atoms with Crippen molar-refractivity contribution in [3.05, 3.63) is 33.8 Å². The first-order valence-electron chi connectivity index (χ1n) is 6.03. The molecule has 1 fully saturated rings. The van der Waals surface area contributed by atoms with Gasteiger partial charge in [0.15, 0.2) is 0 Å². The predicted octanol–water partition coefficient (Wildman–Crippen LogP) is 4.43. The van der Waals surface area contributed by atoms with Gasteiger partial charge in [-0.1, -0.05) is 41.9 Å². The lowest BCUT2D eigenvalue weighted by atomic mass is 9.94. The Morgan fingerprint density at radius 2 is 2.12 bits per heavy atom. The SMILES string of the molecule is CCC1OC1CC(C)c1ccc(C)cc1Br. The van der Waals surface area contributed by atoms with Crippen LogP contribution in [-0.2, 0) is 4.74 Å². The minimum Gasteiger partial charge on any atom is -0.370 e. The molecule has 2 rings (SSSR count). The maximum absolute atomic E-state index is 5.61. The molecule has 0 aromatic heterocycles. The van der Waals surface area contributed by atoms with Crippen molar-refractivity contribution >= 4 is 15.9 Å². The third-order valence-electron chi connectivity index (χ3n) is 3.36. The first-order valence-corrected chi connectivity index (χ1v) is 6.82.